The van der Waals surface area contributed by atoms with Crippen LogP contribution in [0, 0.1) is 6.92 Å². The zero-order chi connectivity index (χ0) is 19.4. The second-order valence-corrected chi connectivity index (χ2v) is 6.19. The van der Waals surface area contributed by atoms with E-state index in [1.165, 1.54) is 0 Å². The standard InChI is InChI=1S/C17H23N9O/c1-11-6-14(18-2)23-17(21-11)22-12-7-13(16(27-5)19-8-12)26-10-20-15(24-26)9-25(3)4/h6-8,10H,9H2,1-5H3,(H2,18,21,22,23). The van der Waals surface area contributed by atoms with Gasteiger partial charge in [0.1, 0.15) is 17.8 Å². The third kappa shape index (κ3) is 4.47. The molecule has 0 radical (unpaired) electrons. The number of ether oxygens (including phenoxy) is 1. The van der Waals surface area contributed by atoms with Crippen molar-refractivity contribution >= 4 is 17.5 Å². The first-order valence-electron chi connectivity index (χ1n) is 8.38. The van der Waals surface area contributed by atoms with Crippen LogP contribution in [-0.4, -0.2) is 62.9 Å². The minimum absolute atomic E-state index is 0.447. The van der Waals surface area contributed by atoms with Crippen LogP contribution in [0.2, 0.25) is 0 Å². The number of pyridine rings is 1. The van der Waals surface area contributed by atoms with Crippen LogP contribution in [0.1, 0.15) is 11.5 Å². The van der Waals surface area contributed by atoms with E-state index in [2.05, 4.69) is 35.7 Å². The van der Waals surface area contributed by atoms with Gasteiger partial charge >= 0.3 is 0 Å². The lowest BCUT2D eigenvalue weighted by atomic mass is 10.3. The Morgan fingerprint density at radius 3 is 2.70 bits per heavy atom. The third-order valence-corrected chi connectivity index (χ3v) is 3.64. The number of rotatable bonds is 7. The van der Waals surface area contributed by atoms with E-state index in [1.807, 2.05) is 45.1 Å². The molecule has 3 rings (SSSR count). The lowest BCUT2D eigenvalue weighted by molar-refractivity contribution is 0.388. The van der Waals surface area contributed by atoms with Crippen molar-refractivity contribution in [2.24, 2.45) is 0 Å². The quantitative estimate of drug-likeness (QED) is 0.642. The molecule has 27 heavy (non-hydrogen) atoms. The molecule has 2 N–H and O–H groups in total. The number of anilines is 3. The van der Waals surface area contributed by atoms with E-state index in [4.69, 9.17) is 4.74 Å². The summed E-state index contributed by atoms with van der Waals surface area (Å²) in [5.41, 5.74) is 2.23. The zero-order valence-corrected chi connectivity index (χ0v) is 16.1. The Morgan fingerprint density at radius 2 is 2.00 bits per heavy atom. The minimum atomic E-state index is 0.447. The first-order valence-corrected chi connectivity index (χ1v) is 8.38. The maximum atomic E-state index is 5.37. The van der Waals surface area contributed by atoms with Crippen LogP contribution in [-0.2, 0) is 6.54 Å². The van der Waals surface area contributed by atoms with Crippen LogP contribution in [0.3, 0.4) is 0 Å². The van der Waals surface area contributed by atoms with Crippen LogP contribution >= 0.6 is 0 Å². The summed E-state index contributed by atoms with van der Waals surface area (Å²) in [6, 6.07) is 3.73. The van der Waals surface area contributed by atoms with Crippen LogP contribution in [0.15, 0.2) is 24.7 Å². The van der Waals surface area contributed by atoms with Gasteiger partial charge in [0.15, 0.2) is 5.82 Å². The van der Waals surface area contributed by atoms with E-state index >= 15 is 0 Å². The monoisotopic (exact) mass is 369 g/mol. The van der Waals surface area contributed by atoms with Crippen molar-refractivity contribution in [2.75, 3.05) is 38.9 Å². The van der Waals surface area contributed by atoms with Crippen molar-refractivity contribution in [3.8, 4) is 11.6 Å². The fourth-order valence-electron chi connectivity index (χ4n) is 2.48. The molecule has 3 aromatic heterocycles. The average molecular weight is 369 g/mol. The summed E-state index contributed by atoms with van der Waals surface area (Å²) in [6.45, 7) is 2.55. The van der Waals surface area contributed by atoms with Gasteiger partial charge in [0.05, 0.1) is 25.5 Å². The maximum Gasteiger partial charge on any atom is 0.239 e. The number of hydrogen-bond acceptors (Lipinski definition) is 9. The molecule has 3 heterocycles. The minimum Gasteiger partial charge on any atom is -0.479 e. The van der Waals surface area contributed by atoms with Gasteiger partial charge in [-0.25, -0.2) is 19.6 Å². The van der Waals surface area contributed by atoms with Gasteiger partial charge in [0, 0.05) is 18.8 Å². The number of aryl methyl sites for hydroxylation is 1. The Kier molecular flexibility index (Phi) is 5.46. The highest BCUT2D eigenvalue weighted by Crippen LogP contribution is 2.24. The highest BCUT2D eigenvalue weighted by Gasteiger charge is 2.12. The van der Waals surface area contributed by atoms with E-state index in [0.29, 0.717) is 35.6 Å². The van der Waals surface area contributed by atoms with Crippen molar-refractivity contribution in [3.63, 3.8) is 0 Å². The Hall–Kier alpha value is -3.27. The topological polar surface area (TPSA) is 106 Å². The van der Waals surface area contributed by atoms with Gasteiger partial charge in [-0.2, -0.15) is 4.98 Å². The third-order valence-electron chi connectivity index (χ3n) is 3.64. The van der Waals surface area contributed by atoms with Gasteiger partial charge in [-0.1, -0.05) is 0 Å². The van der Waals surface area contributed by atoms with Crippen LogP contribution in [0.4, 0.5) is 17.5 Å². The van der Waals surface area contributed by atoms with E-state index in [1.54, 1.807) is 24.3 Å². The number of hydrogen-bond donors (Lipinski definition) is 2. The fourth-order valence-corrected chi connectivity index (χ4v) is 2.48. The Labute approximate surface area is 157 Å². The highest BCUT2D eigenvalue weighted by atomic mass is 16.5. The molecule has 0 atom stereocenters. The number of nitrogens with one attached hydrogen (secondary N) is 2. The van der Waals surface area contributed by atoms with Gasteiger partial charge in [0.25, 0.3) is 0 Å². The molecule has 0 spiro atoms. The van der Waals surface area contributed by atoms with Crippen molar-refractivity contribution in [1.29, 1.82) is 0 Å². The molecule has 3 aromatic rings. The summed E-state index contributed by atoms with van der Waals surface area (Å²) < 4.78 is 7.02. The van der Waals surface area contributed by atoms with Gasteiger partial charge in [-0.05, 0) is 27.1 Å². The molecule has 10 heteroatoms. The molecular formula is C17H23N9O. The Bertz CT molecular complexity index is 923. The molecule has 0 amide bonds. The molecule has 0 saturated heterocycles. The molecular weight excluding hydrogens is 346 g/mol. The van der Waals surface area contributed by atoms with Crippen LogP contribution in [0.25, 0.3) is 5.69 Å². The fraction of sp³-hybridized carbons (Fsp3) is 0.353. The Balaban J connectivity index is 1.92. The van der Waals surface area contributed by atoms with Crippen molar-refractivity contribution in [1.82, 2.24) is 34.6 Å². The van der Waals surface area contributed by atoms with Crippen molar-refractivity contribution < 1.29 is 4.74 Å². The van der Waals surface area contributed by atoms with Gasteiger partial charge in [-0.3, -0.25) is 0 Å². The number of nitrogens with zero attached hydrogens (tertiary/aromatic N) is 7. The normalized spacial score (nSPS) is 10.9. The predicted molar refractivity (Wildman–Crippen MR) is 103 cm³/mol. The first-order chi connectivity index (χ1) is 13.0. The van der Waals surface area contributed by atoms with Gasteiger partial charge in [0.2, 0.25) is 11.8 Å². The second kappa shape index (κ2) is 7.96. The van der Waals surface area contributed by atoms with Gasteiger partial charge in [-0.15, -0.1) is 5.10 Å². The highest BCUT2D eigenvalue weighted by molar-refractivity contribution is 5.59. The van der Waals surface area contributed by atoms with Crippen molar-refractivity contribution in [3.05, 3.63) is 36.2 Å². The summed E-state index contributed by atoms with van der Waals surface area (Å²) in [5.74, 6) is 2.37. The molecule has 0 unspecified atom stereocenters. The molecule has 10 nitrogen and oxygen atoms in total. The van der Waals surface area contributed by atoms with E-state index in [9.17, 15) is 0 Å². The second-order valence-electron chi connectivity index (χ2n) is 6.19. The zero-order valence-electron chi connectivity index (χ0n) is 16.1. The first kappa shape index (κ1) is 18.5. The lowest BCUT2D eigenvalue weighted by Crippen LogP contribution is -2.12. The van der Waals surface area contributed by atoms with Gasteiger partial charge < -0.3 is 20.3 Å². The molecule has 142 valence electrons. The van der Waals surface area contributed by atoms with Crippen molar-refractivity contribution in [2.45, 2.75) is 13.5 Å². The average Bonchev–Trinajstić information content (AvgIpc) is 3.08. The summed E-state index contributed by atoms with van der Waals surface area (Å²) >= 11 is 0. The molecule has 0 aliphatic carbocycles. The maximum absolute atomic E-state index is 5.37. The molecule has 0 aliphatic rings. The number of methoxy groups -OCH3 is 1. The summed E-state index contributed by atoms with van der Waals surface area (Å²) in [4.78, 5) is 19.5. The van der Waals surface area contributed by atoms with E-state index in [-0.39, 0.29) is 0 Å². The van der Waals surface area contributed by atoms with E-state index < -0.39 is 0 Å². The molecule has 0 fully saturated rings. The lowest BCUT2D eigenvalue weighted by Gasteiger charge is -2.11. The van der Waals surface area contributed by atoms with Crippen LogP contribution < -0.4 is 15.4 Å². The SMILES string of the molecule is CNc1cc(C)nc(Nc2cnc(OC)c(-n3cnc(CN(C)C)n3)c2)n1. The smallest absolute Gasteiger partial charge is 0.239 e. The predicted octanol–water partition coefficient (Wildman–Crippen LogP) is 1.62. The molecule has 0 bridgehead atoms. The summed E-state index contributed by atoms with van der Waals surface area (Å²) in [7, 11) is 7.32. The molecule has 0 saturated carbocycles. The van der Waals surface area contributed by atoms with E-state index in [0.717, 1.165) is 11.5 Å². The number of aromatic nitrogens is 6. The van der Waals surface area contributed by atoms with Crippen LogP contribution in [0.5, 0.6) is 5.88 Å². The largest absolute Gasteiger partial charge is 0.479 e. The molecule has 0 aromatic carbocycles. The summed E-state index contributed by atoms with van der Waals surface area (Å²) in [5, 5.41) is 10.7. The molecule has 0 aliphatic heterocycles. The summed E-state index contributed by atoms with van der Waals surface area (Å²) in [6.07, 6.45) is 3.30. The Morgan fingerprint density at radius 1 is 1.19 bits per heavy atom.